The molecular formula is C12H4Cl4OS2. The predicted molar refractivity (Wildman–Crippen MR) is 81.7 cm³/mol. The molecule has 0 unspecified atom stereocenters. The molecule has 0 aliphatic carbocycles. The molecule has 1 heterocycles. The monoisotopic (exact) mass is 368 g/mol. The molecule has 0 spiro atoms. The van der Waals surface area contributed by atoms with E-state index in [1.807, 2.05) is 0 Å². The molecule has 1 aliphatic heterocycles. The van der Waals surface area contributed by atoms with Crippen molar-refractivity contribution in [2.24, 2.45) is 0 Å². The Hall–Kier alpha value is 0.260. The van der Waals surface area contributed by atoms with Crippen LogP contribution in [-0.4, -0.2) is 4.55 Å². The van der Waals surface area contributed by atoms with E-state index in [2.05, 4.69) is 0 Å². The molecule has 0 aromatic heterocycles. The van der Waals surface area contributed by atoms with E-state index in [0.29, 0.717) is 29.9 Å². The third kappa shape index (κ3) is 2.46. The molecule has 0 fully saturated rings. The van der Waals surface area contributed by atoms with Gasteiger partial charge in [0.2, 0.25) is 0 Å². The lowest BCUT2D eigenvalue weighted by Gasteiger charge is -2.22. The Morgan fingerprint density at radius 3 is 1.53 bits per heavy atom. The van der Waals surface area contributed by atoms with E-state index in [9.17, 15) is 4.55 Å². The highest BCUT2D eigenvalue weighted by molar-refractivity contribution is 8.02. The molecule has 3 rings (SSSR count). The van der Waals surface area contributed by atoms with Crippen molar-refractivity contribution in [2.75, 3.05) is 0 Å². The van der Waals surface area contributed by atoms with Gasteiger partial charge in [-0.3, -0.25) is 0 Å². The van der Waals surface area contributed by atoms with E-state index in [1.165, 1.54) is 11.8 Å². The third-order valence-electron chi connectivity index (χ3n) is 2.59. The van der Waals surface area contributed by atoms with Crippen molar-refractivity contribution in [2.45, 2.75) is 19.6 Å². The first kappa shape index (κ1) is 14.2. The maximum Gasteiger partial charge on any atom is 0.174 e. The second kappa shape index (κ2) is 5.23. The van der Waals surface area contributed by atoms with Crippen molar-refractivity contribution in [1.82, 2.24) is 0 Å². The molecule has 0 saturated carbocycles. The highest BCUT2D eigenvalue weighted by Gasteiger charge is 2.31. The molecule has 2 aromatic carbocycles. The van der Waals surface area contributed by atoms with Gasteiger partial charge in [0, 0.05) is 23.3 Å². The fourth-order valence-corrected chi connectivity index (χ4v) is 5.40. The van der Waals surface area contributed by atoms with E-state index in [4.69, 9.17) is 46.4 Å². The number of halogens is 4. The first-order chi connectivity index (χ1) is 8.97. The van der Waals surface area contributed by atoms with Crippen LogP contribution in [0.4, 0.5) is 0 Å². The zero-order valence-electron chi connectivity index (χ0n) is 9.05. The van der Waals surface area contributed by atoms with Gasteiger partial charge in [-0.05, 0) is 12.1 Å². The summed E-state index contributed by atoms with van der Waals surface area (Å²) >= 11 is 24.0. The molecule has 98 valence electrons. The Morgan fingerprint density at radius 1 is 0.737 bits per heavy atom. The molecule has 0 N–H and O–H groups in total. The number of benzene rings is 2. The topological polar surface area (TPSA) is 23.1 Å². The summed E-state index contributed by atoms with van der Waals surface area (Å²) in [6.45, 7) is 0. The third-order valence-corrected chi connectivity index (χ3v) is 6.89. The van der Waals surface area contributed by atoms with Gasteiger partial charge in [-0.25, -0.2) is 0 Å². The molecule has 1 aliphatic rings. The van der Waals surface area contributed by atoms with Crippen LogP contribution >= 0.6 is 58.2 Å². The van der Waals surface area contributed by atoms with Crippen LogP contribution in [0.1, 0.15) is 0 Å². The standard InChI is InChI=1S/C12H4Cl4OS2/c13-5-1-9-11(3-7(5)15)19(17)12-4-8(16)6(14)2-10(12)18-9/h1-4H. The van der Waals surface area contributed by atoms with Gasteiger partial charge in [-0.15, -0.1) is 0 Å². The SMILES string of the molecule is [O-][S+]1c2cc(Cl)c(Cl)cc2Sc2cc(Cl)c(Cl)cc21. The Balaban J connectivity index is 2.20. The van der Waals surface area contributed by atoms with Crippen LogP contribution in [-0.2, 0) is 11.2 Å². The second-order valence-corrected chi connectivity index (χ2v) is 7.93. The Kier molecular flexibility index (Phi) is 3.91. The Bertz CT molecular complexity index is 632. The summed E-state index contributed by atoms with van der Waals surface area (Å²) in [6, 6.07) is 6.70. The van der Waals surface area contributed by atoms with Gasteiger partial charge in [0.25, 0.3) is 0 Å². The van der Waals surface area contributed by atoms with E-state index < -0.39 is 11.2 Å². The molecule has 2 aromatic rings. The molecule has 0 atom stereocenters. The highest BCUT2D eigenvalue weighted by atomic mass is 35.5. The van der Waals surface area contributed by atoms with Gasteiger partial charge in [0.1, 0.15) is 0 Å². The van der Waals surface area contributed by atoms with Gasteiger partial charge in [-0.2, -0.15) is 0 Å². The normalized spacial score (nSPS) is 14.2. The lowest BCUT2D eigenvalue weighted by atomic mass is 10.3. The van der Waals surface area contributed by atoms with Crippen LogP contribution < -0.4 is 0 Å². The molecule has 0 saturated heterocycles. The van der Waals surface area contributed by atoms with Crippen LogP contribution in [0.5, 0.6) is 0 Å². The molecule has 19 heavy (non-hydrogen) atoms. The predicted octanol–water partition coefficient (Wildman–Crippen LogP) is 5.93. The van der Waals surface area contributed by atoms with Crippen molar-refractivity contribution in [3.8, 4) is 0 Å². The van der Waals surface area contributed by atoms with E-state index >= 15 is 0 Å². The van der Waals surface area contributed by atoms with Crippen molar-refractivity contribution in [3.63, 3.8) is 0 Å². The Labute approximate surface area is 137 Å². The minimum Gasteiger partial charge on any atom is -0.606 e. The van der Waals surface area contributed by atoms with Crippen molar-refractivity contribution < 1.29 is 4.55 Å². The molecule has 0 radical (unpaired) electrons. The van der Waals surface area contributed by atoms with Gasteiger partial charge in [0.15, 0.2) is 9.79 Å². The van der Waals surface area contributed by atoms with Crippen LogP contribution in [0, 0.1) is 0 Å². The number of hydrogen-bond donors (Lipinski definition) is 0. The van der Waals surface area contributed by atoms with Gasteiger partial charge in [0.05, 0.1) is 29.9 Å². The summed E-state index contributed by atoms with van der Waals surface area (Å²) in [4.78, 5) is 2.92. The van der Waals surface area contributed by atoms with E-state index in [-0.39, 0.29) is 0 Å². The highest BCUT2D eigenvalue weighted by Crippen LogP contribution is 2.48. The first-order valence-electron chi connectivity index (χ1n) is 5.05. The summed E-state index contributed by atoms with van der Waals surface area (Å²) in [6.07, 6.45) is 0. The lowest BCUT2D eigenvalue weighted by Crippen LogP contribution is -2.09. The van der Waals surface area contributed by atoms with Crippen LogP contribution in [0.15, 0.2) is 43.8 Å². The minimum atomic E-state index is -1.33. The zero-order chi connectivity index (χ0) is 13.7. The van der Waals surface area contributed by atoms with Gasteiger partial charge in [-0.1, -0.05) is 58.2 Å². The van der Waals surface area contributed by atoms with Crippen LogP contribution in [0.25, 0.3) is 0 Å². The number of hydrogen-bond acceptors (Lipinski definition) is 2. The summed E-state index contributed by atoms with van der Waals surface area (Å²) in [5, 5.41) is 1.65. The summed E-state index contributed by atoms with van der Waals surface area (Å²) < 4.78 is 12.5. The maximum absolute atomic E-state index is 12.5. The second-order valence-electron chi connectivity index (χ2n) is 3.80. The van der Waals surface area contributed by atoms with Crippen molar-refractivity contribution in [3.05, 3.63) is 44.4 Å². The van der Waals surface area contributed by atoms with E-state index in [1.54, 1.807) is 24.3 Å². The van der Waals surface area contributed by atoms with Crippen LogP contribution in [0.2, 0.25) is 20.1 Å². The lowest BCUT2D eigenvalue weighted by molar-refractivity contribution is 0.590. The van der Waals surface area contributed by atoms with E-state index in [0.717, 1.165) is 9.79 Å². The van der Waals surface area contributed by atoms with Crippen LogP contribution in [0.3, 0.4) is 0 Å². The molecule has 1 nitrogen and oxygen atoms in total. The molecule has 7 heteroatoms. The van der Waals surface area contributed by atoms with Gasteiger partial charge < -0.3 is 4.55 Å². The minimum absolute atomic E-state index is 0.387. The summed E-state index contributed by atoms with van der Waals surface area (Å²) in [7, 11) is 0. The quantitative estimate of drug-likeness (QED) is 0.537. The van der Waals surface area contributed by atoms with Gasteiger partial charge >= 0.3 is 0 Å². The molecule has 0 amide bonds. The number of fused-ring (bicyclic) bond motifs is 2. The largest absolute Gasteiger partial charge is 0.606 e. The molecular weight excluding hydrogens is 366 g/mol. The van der Waals surface area contributed by atoms with Crippen molar-refractivity contribution in [1.29, 1.82) is 0 Å². The fraction of sp³-hybridized carbons (Fsp3) is 0. The average Bonchev–Trinajstić information content (AvgIpc) is 2.35. The zero-order valence-corrected chi connectivity index (χ0v) is 13.7. The average molecular weight is 370 g/mol. The summed E-state index contributed by atoms with van der Waals surface area (Å²) in [5.41, 5.74) is 0. The van der Waals surface area contributed by atoms with Crippen molar-refractivity contribution >= 4 is 69.3 Å². The number of rotatable bonds is 0. The smallest absolute Gasteiger partial charge is 0.174 e. The fourth-order valence-electron chi connectivity index (χ4n) is 1.71. The Morgan fingerprint density at radius 2 is 1.11 bits per heavy atom. The molecule has 0 bridgehead atoms. The summed E-state index contributed by atoms with van der Waals surface area (Å²) in [5.74, 6) is 0. The first-order valence-corrected chi connectivity index (χ1v) is 8.53. The maximum atomic E-state index is 12.5.